The standard InChI is InChI=1S/C17H24FN3O2/c1-3-8-19-17(23)21-9-4-5-13(11-21)16(22)20-14-7-6-12(2)15(18)10-14/h6-7,10,13H,3-5,8-9,11H2,1-2H3,(H,19,23)(H,20,22)/t13-/m0/s1. The number of rotatable bonds is 4. The summed E-state index contributed by atoms with van der Waals surface area (Å²) in [7, 11) is 0. The fraction of sp³-hybridized carbons (Fsp3) is 0.529. The highest BCUT2D eigenvalue weighted by Crippen LogP contribution is 2.20. The van der Waals surface area contributed by atoms with E-state index in [0.717, 1.165) is 19.3 Å². The van der Waals surface area contributed by atoms with Crippen LogP contribution in [0, 0.1) is 18.7 Å². The van der Waals surface area contributed by atoms with Crippen LogP contribution in [0.4, 0.5) is 14.9 Å². The van der Waals surface area contributed by atoms with Crippen molar-refractivity contribution in [2.24, 2.45) is 5.92 Å². The first kappa shape index (κ1) is 17.2. The van der Waals surface area contributed by atoms with E-state index in [4.69, 9.17) is 0 Å². The zero-order valence-corrected chi connectivity index (χ0v) is 13.7. The third-order valence-corrected chi connectivity index (χ3v) is 4.04. The maximum Gasteiger partial charge on any atom is 0.317 e. The van der Waals surface area contributed by atoms with Crippen molar-refractivity contribution in [3.63, 3.8) is 0 Å². The molecule has 1 heterocycles. The van der Waals surface area contributed by atoms with Gasteiger partial charge < -0.3 is 15.5 Å². The zero-order chi connectivity index (χ0) is 16.8. The Morgan fingerprint density at radius 3 is 2.87 bits per heavy atom. The van der Waals surface area contributed by atoms with Crippen LogP contribution in [0.2, 0.25) is 0 Å². The van der Waals surface area contributed by atoms with Crippen molar-refractivity contribution in [1.29, 1.82) is 0 Å². The number of likely N-dealkylation sites (tertiary alicyclic amines) is 1. The van der Waals surface area contributed by atoms with Crippen LogP contribution in [0.5, 0.6) is 0 Å². The lowest BCUT2D eigenvalue weighted by atomic mass is 9.97. The third kappa shape index (κ3) is 4.68. The van der Waals surface area contributed by atoms with Crippen molar-refractivity contribution in [2.75, 3.05) is 25.0 Å². The molecule has 5 nitrogen and oxygen atoms in total. The lowest BCUT2D eigenvalue weighted by molar-refractivity contribution is -0.121. The Balaban J connectivity index is 1.93. The highest BCUT2D eigenvalue weighted by atomic mass is 19.1. The number of carbonyl (C=O) groups excluding carboxylic acids is 2. The van der Waals surface area contributed by atoms with E-state index in [-0.39, 0.29) is 23.7 Å². The zero-order valence-electron chi connectivity index (χ0n) is 13.7. The molecule has 1 saturated heterocycles. The fourth-order valence-electron chi connectivity index (χ4n) is 2.63. The van der Waals surface area contributed by atoms with Gasteiger partial charge in [-0.2, -0.15) is 0 Å². The number of aryl methyl sites for hydroxylation is 1. The van der Waals surface area contributed by atoms with E-state index in [1.165, 1.54) is 6.07 Å². The molecule has 1 atom stereocenters. The normalized spacial score (nSPS) is 17.7. The van der Waals surface area contributed by atoms with Crippen molar-refractivity contribution in [3.8, 4) is 0 Å². The van der Waals surface area contributed by atoms with Crippen molar-refractivity contribution >= 4 is 17.6 Å². The summed E-state index contributed by atoms with van der Waals surface area (Å²) in [6.45, 7) is 5.37. The minimum atomic E-state index is -0.341. The highest BCUT2D eigenvalue weighted by Gasteiger charge is 2.28. The molecule has 0 saturated carbocycles. The number of halogens is 1. The third-order valence-electron chi connectivity index (χ3n) is 4.04. The van der Waals surface area contributed by atoms with Crippen LogP contribution >= 0.6 is 0 Å². The van der Waals surface area contributed by atoms with Crippen molar-refractivity contribution in [1.82, 2.24) is 10.2 Å². The molecule has 3 amide bonds. The van der Waals surface area contributed by atoms with Gasteiger partial charge in [-0.25, -0.2) is 9.18 Å². The van der Waals surface area contributed by atoms with E-state index < -0.39 is 0 Å². The van der Waals surface area contributed by atoms with Crippen LogP contribution in [0.15, 0.2) is 18.2 Å². The molecule has 1 aromatic carbocycles. The fourth-order valence-corrected chi connectivity index (χ4v) is 2.63. The Kier molecular flexibility index (Phi) is 5.96. The monoisotopic (exact) mass is 321 g/mol. The van der Waals surface area contributed by atoms with Gasteiger partial charge in [0.15, 0.2) is 0 Å². The van der Waals surface area contributed by atoms with Crippen molar-refractivity contribution in [2.45, 2.75) is 33.1 Å². The number of nitrogens with one attached hydrogen (secondary N) is 2. The second-order valence-corrected chi connectivity index (χ2v) is 5.97. The van der Waals surface area contributed by atoms with E-state index in [9.17, 15) is 14.0 Å². The molecular weight excluding hydrogens is 297 g/mol. The number of urea groups is 1. The van der Waals surface area contributed by atoms with Crippen LogP contribution in [0.3, 0.4) is 0 Å². The molecule has 6 heteroatoms. The van der Waals surface area contributed by atoms with Crippen molar-refractivity contribution in [3.05, 3.63) is 29.6 Å². The van der Waals surface area contributed by atoms with Gasteiger partial charge in [0.1, 0.15) is 5.82 Å². The minimum Gasteiger partial charge on any atom is -0.338 e. The van der Waals surface area contributed by atoms with Gasteiger partial charge in [-0.05, 0) is 43.9 Å². The van der Waals surface area contributed by atoms with E-state index in [2.05, 4.69) is 10.6 Å². The summed E-state index contributed by atoms with van der Waals surface area (Å²) in [6.07, 6.45) is 2.40. The number of amides is 3. The number of carbonyl (C=O) groups is 2. The number of hydrogen-bond donors (Lipinski definition) is 2. The average Bonchev–Trinajstić information content (AvgIpc) is 2.56. The lowest BCUT2D eigenvalue weighted by Crippen LogP contribution is -2.48. The molecule has 0 spiro atoms. The summed E-state index contributed by atoms with van der Waals surface area (Å²) >= 11 is 0. The number of nitrogens with zero attached hydrogens (tertiary/aromatic N) is 1. The molecule has 0 aromatic heterocycles. The first-order valence-electron chi connectivity index (χ1n) is 8.11. The molecule has 0 unspecified atom stereocenters. The molecule has 1 aliphatic heterocycles. The first-order chi connectivity index (χ1) is 11.0. The predicted molar refractivity (Wildman–Crippen MR) is 87.8 cm³/mol. The molecule has 2 rings (SSSR count). The molecule has 1 fully saturated rings. The lowest BCUT2D eigenvalue weighted by Gasteiger charge is -2.32. The number of anilines is 1. The Morgan fingerprint density at radius 1 is 1.39 bits per heavy atom. The molecule has 2 N–H and O–H groups in total. The summed E-state index contributed by atoms with van der Waals surface area (Å²) in [5.74, 6) is -0.770. The Morgan fingerprint density at radius 2 is 2.17 bits per heavy atom. The molecule has 0 bridgehead atoms. The van der Waals surface area contributed by atoms with Gasteiger partial charge in [-0.15, -0.1) is 0 Å². The van der Waals surface area contributed by atoms with Crippen LogP contribution < -0.4 is 10.6 Å². The minimum absolute atomic E-state index is 0.120. The van der Waals surface area contributed by atoms with Crippen LogP contribution in [0.25, 0.3) is 0 Å². The molecular formula is C17H24FN3O2. The van der Waals surface area contributed by atoms with E-state index in [0.29, 0.717) is 30.9 Å². The quantitative estimate of drug-likeness (QED) is 0.896. The molecule has 126 valence electrons. The second-order valence-electron chi connectivity index (χ2n) is 5.97. The number of piperidine rings is 1. The molecule has 0 aliphatic carbocycles. The Labute approximate surface area is 136 Å². The largest absolute Gasteiger partial charge is 0.338 e. The second kappa shape index (κ2) is 7.94. The first-order valence-corrected chi connectivity index (χ1v) is 8.11. The number of hydrogen-bond acceptors (Lipinski definition) is 2. The van der Waals surface area contributed by atoms with Crippen LogP contribution in [-0.4, -0.2) is 36.5 Å². The summed E-state index contributed by atoms with van der Waals surface area (Å²) < 4.78 is 13.5. The van der Waals surface area contributed by atoms with E-state index in [1.807, 2.05) is 6.92 Å². The molecule has 1 aliphatic rings. The molecule has 23 heavy (non-hydrogen) atoms. The van der Waals surface area contributed by atoms with Gasteiger partial charge >= 0.3 is 6.03 Å². The van der Waals surface area contributed by atoms with E-state index in [1.54, 1.807) is 24.0 Å². The summed E-state index contributed by atoms with van der Waals surface area (Å²) in [4.78, 5) is 26.0. The Hall–Kier alpha value is -2.11. The highest BCUT2D eigenvalue weighted by molar-refractivity contribution is 5.93. The Bertz CT molecular complexity index is 577. The predicted octanol–water partition coefficient (Wildman–Crippen LogP) is 2.90. The van der Waals surface area contributed by atoms with Gasteiger partial charge in [-0.3, -0.25) is 4.79 Å². The van der Waals surface area contributed by atoms with Crippen LogP contribution in [0.1, 0.15) is 31.7 Å². The van der Waals surface area contributed by atoms with Gasteiger partial charge in [0.2, 0.25) is 5.91 Å². The number of benzene rings is 1. The van der Waals surface area contributed by atoms with Gasteiger partial charge in [-0.1, -0.05) is 13.0 Å². The summed E-state index contributed by atoms with van der Waals surface area (Å²) in [5, 5.41) is 5.58. The van der Waals surface area contributed by atoms with Gasteiger partial charge in [0.05, 0.1) is 5.92 Å². The summed E-state index contributed by atoms with van der Waals surface area (Å²) in [6, 6.07) is 4.52. The molecule has 0 radical (unpaired) electrons. The maximum absolute atomic E-state index is 13.5. The maximum atomic E-state index is 13.5. The van der Waals surface area contributed by atoms with Crippen molar-refractivity contribution < 1.29 is 14.0 Å². The molecule has 1 aromatic rings. The van der Waals surface area contributed by atoms with Gasteiger partial charge in [0, 0.05) is 25.3 Å². The average molecular weight is 321 g/mol. The van der Waals surface area contributed by atoms with E-state index >= 15 is 0 Å². The SMILES string of the molecule is CCCNC(=O)N1CCC[C@H](C(=O)Nc2ccc(C)c(F)c2)C1. The smallest absolute Gasteiger partial charge is 0.317 e. The summed E-state index contributed by atoms with van der Waals surface area (Å²) in [5.41, 5.74) is 0.991. The topological polar surface area (TPSA) is 61.4 Å². The van der Waals surface area contributed by atoms with Gasteiger partial charge in [0.25, 0.3) is 0 Å². The van der Waals surface area contributed by atoms with Crippen LogP contribution in [-0.2, 0) is 4.79 Å².